The normalized spacial score (nSPS) is 10.9. The molecule has 4 rings (SSSR count). The van der Waals surface area contributed by atoms with Gasteiger partial charge in [0.1, 0.15) is 36.4 Å². The zero-order valence-corrected chi connectivity index (χ0v) is 22.2. The number of rotatable bonds is 9. The summed E-state index contributed by atoms with van der Waals surface area (Å²) in [7, 11) is 0. The Hall–Kier alpha value is -3.95. The summed E-state index contributed by atoms with van der Waals surface area (Å²) in [5.41, 5.74) is 2.70. The van der Waals surface area contributed by atoms with Crippen molar-refractivity contribution in [2.75, 3.05) is 5.32 Å². The smallest absolute Gasteiger partial charge is 0.266 e. The Kier molecular flexibility index (Phi) is 9.29. The largest absolute Gasteiger partial charge is 0.489 e. The van der Waals surface area contributed by atoms with E-state index >= 15 is 0 Å². The molecule has 0 spiro atoms. The van der Waals surface area contributed by atoms with Crippen molar-refractivity contribution in [3.05, 3.63) is 128 Å². The summed E-state index contributed by atoms with van der Waals surface area (Å²) in [6, 6.07) is 28.6. The number of halogens is 3. The van der Waals surface area contributed by atoms with Crippen LogP contribution in [0.5, 0.6) is 11.5 Å². The molecule has 1 N–H and O–H groups in total. The van der Waals surface area contributed by atoms with Crippen molar-refractivity contribution in [2.45, 2.75) is 13.2 Å². The second-order valence-electron chi connectivity index (χ2n) is 8.13. The second-order valence-corrected chi connectivity index (χ2v) is 9.41. The molecule has 0 aromatic heterocycles. The van der Waals surface area contributed by atoms with Gasteiger partial charge in [-0.15, -0.1) is 0 Å². The van der Waals surface area contributed by atoms with Gasteiger partial charge in [0.25, 0.3) is 5.91 Å². The van der Waals surface area contributed by atoms with E-state index in [4.69, 9.17) is 44.3 Å². The molecule has 190 valence electrons. The van der Waals surface area contributed by atoms with E-state index in [-0.39, 0.29) is 12.2 Å². The van der Waals surface area contributed by atoms with Crippen LogP contribution >= 0.6 is 34.8 Å². The van der Waals surface area contributed by atoms with Crippen molar-refractivity contribution >= 4 is 52.5 Å². The van der Waals surface area contributed by atoms with Gasteiger partial charge in [-0.2, -0.15) is 5.26 Å². The molecule has 8 heteroatoms. The molecule has 38 heavy (non-hydrogen) atoms. The minimum absolute atomic E-state index is 0.102. The first kappa shape index (κ1) is 27.1. The molecule has 0 radical (unpaired) electrons. The van der Waals surface area contributed by atoms with E-state index in [1.165, 1.54) is 6.08 Å². The fourth-order valence-corrected chi connectivity index (χ4v) is 4.08. The molecule has 0 fully saturated rings. The first-order valence-electron chi connectivity index (χ1n) is 11.5. The molecule has 4 aromatic rings. The van der Waals surface area contributed by atoms with Crippen LogP contribution in [0.4, 0.5) is 5.69 Å². The van der Waals surface area contributed by atoms with Crippen LogP contribution in [0, 0.1) is 11.3 Å². The Morgan fingerprint density at radius 1 is 0.842 bits per heavy atom. The predicted molar refractivity (Wildman–Crippen MR) is 152 cm³/mol. The summed E-state index contributed by atoms with van der Waals surface area (Å²) in [5, 5.41) is 13.9. The first-order chi connectivity index (χ1) is 18.4. The van der Waals surface area contributed by atoms with Crippen molar-refractivity contribution in [1.29, 1.82) is 5.26 Å². The van der Waals surface area contributed by atoms with Crippen molar-refractivity contribution < 1.29 is 14.3 Å². The summed E-state index contributed by atoms with van der Waals surface area (Å²) < 4.78 is 11.7. The third-order valence-corrected chi connectivity index (χ3v) is 6.22. The van der Waals surface area contributed by atoms with Gasteiger partial charge in [-0.3, -0.25) is 4.79 Å². The van der Waals surface area contributed by atoms with Crippen molar-refractivity contribution in [3.8, 4) is 17.6 Å². The Morgan fingerprint density at radius 3 is 2.26 bits per heavy atom. The van der Waals surface area contributed by atoms with Gasteiger partial charge >= 0.3 is 0 Å². The first-order valence-corrected chi connectivity index (χ1v) is 12.6. The second kappa shape index (κ2) is 13.0. The molecule has 0 aliphatic carbocycles. The maximum Gasteiger partial charge on any atom is 0.266 e. The number of carbonyl (C=O) groups is 1. The number of nitrogens with zero attached hydrogens (tertiary/aromatic N) is 1. The van der Waals surface area contributed by atoms with Crippen LogP contribution < -0.4 is 14.8 Å². The molecular weight excluding hydrogens is 543 g/mol. The van der Waals surface area contributed by atoms with Gasteiger partial charge in [-0.1, -0.05) is 71.2 Å². The summed E-state index contributed by atoms with van der Waals surface area (Å²) in [6.07, 6.45) is 1.45. The number of nitriles is 1. The number of anilines is 1. The molecule has 4 aromatic carbocycles. The van der Waals surface area contributed by atoms with Crippen LogP contribution in [-0.4, -0.2) is 5.91 Å². The van der Waals surface area contributed by atoms with E-state index in [0.29, 0.717) is 44.4 Å². The van der Waals surface area contributed by atoms with E-state index in [1.54, 1.807) is 60.7 Å². The van der Waals surface area contributed by atoms with Gasteiger partial charge < -0.3 is 14.8 Å². The fraction of sp³-hybridized carbons (Fsp3) is 0.0667. The van der Waals surface area contributed by atoms with Gasteiger partial charge in [0, 0.05) is 31.9 Å². The number of carbonyl (C=O) groups excluding carboxylic acids is 1. The molecule has 0 aliphatic rings. The number of amides is 1. The average molecular weight is 564 g/mol. The van der Waals surface area contributed by atoms with Gasteiger partial charge in [-0.25, -0.2) is 0 Å². The molecule has 0 saturated carbocycles. The fourth-order valence-electron chi connectivity index (χ4n) is 3.44. The van der Waals surface area contributed by atoms with Crippen molar-refractivity contribution in [3.63, 3.8) is 0 Å². The van der Waals surface area contributed by atoms with E-state index in [2.05, 4.69) is 5.32 Å². The Morgan fingerprint density at radius 2 is 1.55 bits per heavy atom. The monoisotopic (exact) mass is 562 g/mol. The topological polar surface area (TPSA) is 71.3 Å². The number of hydrogen-bond acceptors (Lipinski definition) is 4. The summed E-state index contributed by atoms with van der Waals surface area (Å²) in [4.78, 5) is 12.9. The Balaban J connectivity index is 1.42. The number of benzene rings is 4. The van der Waals surface area contributed by atoms with Crippen LogP contribution in [0.25, 0.3) is 6.08 Å². The van der Waals surface area contributed by atoms with Crippen LogP contribution in [-0.2, 0) is 18.0 Å². The molecule has 0 atom stereocenters. The van der Waals surface area contributed by atoms with Gasteiger partial charge in [0.2, 0.25) is 0 Å². The molecule has 5 nitrogen and oxygen atoms in total. The minimum atomic E-state index is -0.567. The highest BCUT2D eigenvalue weighted by Crippen LogP contribution is 2.27. The van der Waals surface area contributed by atoms with Crippen molar-refractivity contribution in [1.82, 2.24) is 0 Å². The van der Waals surface area contributed by atoms with Crippen LogP contribution in [0.3, 0.4) is 0 Å². The zero-order valence-electron chi connectivity index (χ0n) is 20.0. The van der Waals surface area contributed by atoms with Gasteiger partial charge in [0.15, 0.2) is 0 Å². The summed E-state index contributed by atoms with van der Waals surface area (Å²) >= 11 is 18.3. The molecule has 0 unspecified atom stereocenters. The quantitative estimate of drug-likeness (QED) is 0.164. The lowest BCUT2D eigenvalue weighted by molar-refractivity contribution is -0.112. The van der Waals surface area contributed by atoms with Crippen LogP contribution in [0.15, 0.2) is 96.6 Å². The standard InChI is InChI=1S/C30H21Cl3N2O3/c31-24-8-13-29(38-18-20-4-2-1-3-5-20)22(15-24)14-23(17-34)30(36)35-26-9-11-27(12-10-26)37-19-21-6-7-25(32)16-28(21)33/h1-16H,18-19H2,(H,35,36)/b23-14+. The van der Waals surface area contributed by atoms with E-state index in [0.717, 1.165) is 11.1 Å². The molecular formula is C30H21Cl3N2O3. The van der Waals surface area contributed by atoms with E-state index in [1.807, 2.05) is 36.4 Å². The number of hydrogen-bond donors (Lipinski definition) is 1. The third kappa shape index (κ3) is 7.53. The lowest BCUT2D eigenvalue weighted by Gasteiger charge is -2.11. The van der Waals surface area contributed by atoms with Gasteiger partial charge in [0.05, 0.1) is 0 Å². The van der Waals surface area contributed by atoms with Crippen LogP contribution in [0.2, 0.25) is 15.1 Å². The van der Waals surface area contributed by atoms with Crippen molar-refractivity contribution in [2.24, 2.45) is 0 Å². The number of nitrogens with one attached hydrogen (secondary N) is 1. The Labute approximate surface area is 235 Å². The zero-order chi connectivity index (χ0) is 26.9. The summed E-state index contributed by atoms with van der Waals surface area (Å²) in [5.74, 6) is 0.522. The highest BCUT2D eigenvalue weighted by Gasteiger charge is 2.13. The summed E-state index contributed by atoms with van der Waals surface area (Å²) in [6.45, 7) is 0.591. The molecule has 1 amide bonds. The average Bonchev–Trinajstić information content (AvgIpc) is 2.92. The molecule has 0 aliphatic heterocycles. The number of ether oxygens (including phenoxy) is 2. The lowest BCUT2D eigenvalue weighted by atomic mass is 10.1. The Bertz CT molecular complexity index is 1500. The third-order valence-electron chi connectivity index (χ3n) is 5.40. The minimum Gasteiger partial charge on any atom is -0.489 e. The lowest BCUT2D eigenvalue weighted by Crippen LogP contribution is -2.13. The molecule has 0 bridgehead atoms. The van der Waals surface area contributed by atoms with Gasteiger partial charge in [-0.05, 0) is 66.2 Å². The molecule has 0 saturated heterocycles. The highest BCUT2D eigenvalue weighted by molar-refractivity contribution is 6.35. The van der Waals surface area contributed by atoms with Crippen LogP contribution in [0.1, 0.15) is 16.7 Å². The predicted octanol–water partition coefficient (Wildman–Crippen LogP) is 8.35. The SMILES string of the molecule is N#C/C(=C\c1cc(Cl)ccc1OCc1ccccc1)C(=O)Nc1ccc(OCc2ccc(Cl)cc2Cl)cc1. The van der Waals surface area contributed by atoms with E-state index < -0.39 is 5.91 Å². The maximum atomic E-state index is 12.9. The molecule has 0 heterocycles. The maximum absolute atomic E-state index is 12.9. The van der Waals surface area contributed by atoms with E-state index in [9.17, 15) is 10.1 Å². The highest BCUT2D eigenvalue weighted by atomic mass is 35.5.